The molecule has 0 unspecified atom stereocenters. The van der Waals surface area contributed by atoms with Crippen LogP contribution in [0.2, 0.25) is 0 Å². The highest BCUT2D eigenvalue weighted by atomic mass is 16.5. The predicted molar refractivity (Wildman–Crippen MR) is 124 cm³/mol. The Morgan fingerprint density at radius 3 is 2.19 bits per heavy atom. The molecule has 0 fully saturated rings. The first-order chi connectivity index (χ1) is 15.6. The van der Waals surface area contributed by atoms with E-state index in [0.29, 0.717) is 39.4 Å². The number of aromatic nitrogens is 2. The molecule has 0 aliphatic rings. The molecule has 0 atom stereocenters. The van der Waals surface area contributed by atoms with Crippen LogP contribution < -0.4 is 20.7 Å². The van der Waals surface area contributed by atoms with Crippen molar-refractivity contribution in [3.05, 3.63) is 78.5 Å². The van der Waals surface area contributed by atoms with E-state index < -0.39 is 0 Å². The number of carbonyl (C=O) groups is 2. The number of urea groups is 1. The van der Waals surface area contributed by atoms with Crippen molar-refractivity contribution in [2.45, 2.75) is 0 Å². The number of carbonyl (C=O) groups excluding carboxylic acids is 2. The molecule has 0 saturated heterocycles. The number of nitrogens with zero attached hydrogens (tertiary/aromatic N) is 2. The lowest BCUT2D eigenvalue weighted by Crippen LogP contribution is -2.19. The quantitative estimate of drug-likeness (QED) is 0.440. The van der Waals surface area contributed by atoms with Gasteiger partial charge < -0.3 is 20.7 Å². The van der Waals surface area contributed by atoms with Gasteiger partial charge in [0, 0.05) is 30.2 Å². The summed E-state index contributed by atoms with van der Waals surface area (Å²) in [4.78, 5) is 33.5. The number of ether oxygens (including phenoxy) is 1. The normalized spacial score (nSPS) is 10.4. The topological polar surface area (TPSA) is 105 Å². The summed E-state index contributed by atoms with van der Waals surface area (Å²) in [6, 6.07) is 19.2. The third-order valence-electron chi connectivity index (χ3n) is 4.82. The standard InChI is InChI=1S/C24H21N5O3/c1-25-23(30)19-14-21(29-20-4-3-13-26-22(19)20)15-5-7-16(8-6-15)27-24(31)28-17-9-11-18(32-2)12-10-17/h3-14H,1-2H3,(H,25,30)(H2,27,28,31). The molecule has 4 aromatic rings. The van der Waals surface area contributed by atoms with E-state index in [9.17, 15) is 9.59 Å². The number of benzene rings is 2. The number of methoxy groups -OCH3 is 1. The molecule has 0 radical (unpaired) electrons. The number of amides is 3. The molecule has 2 aromatic heterocycles. The summed E-state index contributed by atoms with van der Waals surface area (Å²) in [5.74, 6) is 0.482. The molecule has 32 heavy (non-hydrogen) atoms. The maximum absolute atomic E-state index is 12.3. The van der Waals surface area contributed by atoms with Gasteiger partial charge in [-0.25, -0.2) is 9.78 Å². The largest absolute Gasteiger partial charge is 0.497 e. The first-order valence-corrected chi connectivity index (χ1v) is 9.88. The average Bonchev–Trinajstić information content (AvgIpc) is 2.83. The van der Waals surface area contributed by atoms with Crippen molar-refractivity contribution in [2.24, 2.45) is 0 Å². The van der Waals surface area contributed by atoms with E-state index in [1.54, 1.807) is 68.9 Å². The highest BCUT2D eigenvalue weighted by molar-refractivity contribution is 6.05. The lowest BCUT2D eigenvalue weighted by atomic mass is 10.1. The maximum Gasteiger partial charge on any atom is 0.323 e. The van der Waals surface area contributed by atoms with E-state index in [-0.39, 0.29) is 11.9 Å². The van der Waals surface area contributed by atoms with Crippen molar-refractivity contribution in [3.8, 4) is 17.0 Å². The van der Waals surface area contributed by atoms with Crippen LogP contribution in [0.4, 0.5) is 16.2 Å². The maximum atomic E-state index is 12.3. The van der Waals surface area contributed by atoms with Crippen molar-refractivity contribution in [3.63, 3.8) is 0 Å². The van der Waals surface area contributed by atoms with Crippen molar-refractivity contribution < 1.29 is 14.3 Å². The Morgan fingerprint density at radius 2 is 1.56 bits per heavy atom. The molecule has 2 heterocycles. The van der Waals surface area contributed by atoms with Gasteiger partial charge in [-0.2, -0.15) is 0 Å². The first-order valence-electron chi connectivity index (χ1n) is 9.88. The van der Waals surface area contributed by atoms with Gasteiger partial charge in [0.05, 0.1) is 23.9 Å². The van der Waals surface area contributed by atoms with Gasteiger partial charge in [-0.05, 0) is 54.6 Å². The van der Waals surface area contributed by atoms with Gasteiger partial charge in [0.15, 0.2) is 0 Å². The van der Waals surface area contributed by atoms with Crippen LogP contribution in [0.1, 0.15) is 10.4 Å². The number of pyridine rings is 2. The van der Waals surface area contributed by atoms with Gasteiger partial charge >= 0.3 is 6.03 Å². The zero-order valence-electron chi connectivity index (χ0n) is 17.5. The molecule has 8 nitrogen and oxygen atoms in total. The Bertz CT molecular complexity index is 1270. The van der Waals surface area contributed by atoms with Crippen LogP contribution in [0.25, 0.3) is 22.3 Å². The van der Waals surface area contributed by atoms with E-state index in [1.807, 2.05) is 18.2 Å². The van der Waals surface area contributed by atoms with Crippen LogP contribution in [0, 0.1) is 0 Å². The van der Waals surface area contributed by atoms with Crippen molar-refractivity contribution >= 4 is 34.3 Å². The van der Waals surface area contributed by atoms with Crippen LogP contribution in [-0.4, -0.2) is 36.1 Å². The van der Waals surface area contributed by atoms with Gasteiger partial charge in [-0.1, -0.05) is 12.1 Å². The molecule has 2 aromatic carbocycles. The van der Waals surface area contributed by atoms with Crippen LogP contribution in [-0.2, 0) is 0 Å². The number of hydrogen-bond acceptors (Lipinski definition) is 5. The molecular formula is C24H21N5O3. The molecule has 0 aliphatic carbocycles. The second-order valence-corrected chi connectivity index (χ2v) is 6.89. The van der Waals surface area contributed by atoms with Gasteiger partial charge in [-0.15, -0.1) is 0 Å². The van der Waals surface area contributed by atoms with Crippen LogP contribution in [0.3, 0.4) is 0 Å². The average molecular weight is 427 g/mol. The smallest absolute Gasteiger partial charge is 0.323 e. The van der Waals surface area contributed by atoms with Crippen molar-refractivity contribution in [1.82, 2.24) is 15.3 Å². The minimum atomic E-state index is -0.361. The fourth-order valence-corrected chi connectivity index (χ4v) is 3.21. The fourth-order valence-electron chi connectivity index (χ4n) is 3.21. The summed E-state index contributed by atoms with van der Waals surface area (Å²) >= 11 is 0. The van der Waals surface area contributed by atoms with E-state index in [1.165, 1.54) is 0 Å². The van der Waals surface area contributed by atoms with E-state index in [2.05, 4.69) is 25.9 Å². The summed E-state index contributed by atoms with van der Waals surface area (Å²) in [7, 11) is 3.16. The van der Waals surface area contributed by atoms with Crippen LogP contribution in [0.5, 0.6) is 5.75 Å². The highest BCUT2D eigenvalue weighted by Gasteiger charge is 2.14. The summed E-state index contributed by atoms with van der Waals surface area (Å²) in [6.45, 7) is 0. The fraction of sp³-hybridized carbons (Fsp3) is 0.0833. The Kier molecular flexibility index (Phi) is 5.94. The minimum absolute atomic E-state index is 0.231. The molecule has 4 rings (SSSR count). The molecule has 0 aliphatic heterocycles. The number of nitrogens with one attached hydrogen (secondary N) is 3. The number of fused-ring (bicyclic) bond motifs is 1. The third kappa shape index (κ3) is 4.49. The number of anilines is 2. The Morgan fingerprint density at radius 1 is 0.906 bits per heavy atom. The second kappa shape index (κ2) is 9.13. The predicted octanol–water partition coefficient (Wildman–Crippen LogP) is 4.31. The van der Waals surface area contributed by atoms with E-state index in [0.717, 1.165) is 5.56 Å². The first kappa shape index (κ1) is 20.8. The van der Waals surface area contributed by atoms with Crippen LogP contribution >= 0.6 is 0 Å². The van der Waals surface area contributed by atoms with Gasteiger partial charge in [0.2, 0.25) is 0 Å². The van der Waals surface area contributed by atoms with Gasteiger partial charge in [0.1, 0.15) is 11.3 Å². The zero-order chi connectivity index (χ0) is 22.5. The Balaban J connectivity index is 1.52. The van der Waals surface area contributed by atoms with Gasteiger partial charge in [0.25, 0.3) is 5.91 Å². The summed E-state index contributed by atoms with van der Waals surface area (Å²) in [6.07, 6.45) is 1.63. The molecule has 0 saturated carbocycles. The molecule has 8 heteroatoms. The third-order valence-corrected chi connectivity index (χ3v) is 4.82. The van der Waals surface area contributed by atoms with E-state index in [4.69, 9.17) is 4.74 Å². The number of rotatable bonds is 5. The molecule has 0 bridgehead atoms. The summed E-state index contributed by atoms with van der Waals surface area (Å²) in [5, 5.41) is 8.20. The van der Waals surface area contributed by atoms with E-state index >= 15 is 0 Å². The lowest BCUT2D eigenvalue weighted by Gasteiger charge is -2.10. The lowest BCUT2D eigenvalue weighted by molar-refractivity contribution is 0.0964. The highest BCUT2D eigenvalue weighted by Crippen LogP contribution is 2.25. The van der Waals surface area contributed by atoms with Gasteiger partial charge in [-0.3, -0.25) is 9.78 Å². The SMILES string of the molecule is CNC(=O)c1cc(-c2ccc(NC(=O)Nc3ccc(OC)cc3)cc2)nc2cccnc12. The molecular weight excluding hydrogens is 406 g/mol. The van der Waals surface area contributed by atoms with Crippen molar-refractivity contribution in [2.75, 3.05) is 24.8 Å². The molecule has 160 valence electrons. The molecule has 3 N–H and O–H groups in total. The second-order valence-electron chi connectivity index (χ2n) is 6.89. The summed E-state index contributed by atoms with van der Waals surface area (Å²) < 4.78 is 5.11. The Hall–Kier alpha value is -4.46. The summed E-state index contributed by atoms with van der Waals surface area (Å²) in [5.41, 5.74) is 4.34. The monoisotopic (exact) mass is 427 g/mol. The minimum Gasteiger partial charge on any atom is -0.497 e. The molecule has 3 amide bonds. The Labute approximate surface area is 184 Å². The van der Waals surface area contributed by atoms with Crippen LogP contribution in [0.15, 0.2) is 72.9 Å². The molecule has 0 spiro atoms. The van der Waals surface area contributed by atoms with Crippen molar-refractivity contribution in [1.29, 1.82) is 0 Å². The number of hydrogen-bond donors (Lipinski definition) is 3. The zero-order valence-corrected chi connectivity index (χ0v) is 17.5.